The van der Waals surface area contributed by atoms with Gasteiger partial charge in [0, 0.05) is 16.2 Å². The van der Waals surface area contributed by atoms with Crippen molar-refractivity contribution in [2.24, 2.45) is 11.3 Å². The highest BCUT2D eigenvalue weighted by molar-refractivity contribution is 7.89. The molecule has 3 fully saturated rings. The Balaban J connectivity index is 1.44. The summed E-state index contributed by atoms with van der Waals surface area (Å²) in [5, 5.41) is 0. The Kier molecular flexibility index (Phi) is 5.58. The highest BCUT2D eigenvalue weighted by atomic mass is 32.2. The predicted molar refractivity (Wildman–Crippen MR) is 142 cm³/mol. The van der Waals surface area contributed by atoms with Gasteiger partial charge in [0.15, 0.2) is 0 Å². The molecule has 4 atom stereocenters. The van der Waals surface area contributed by atoms with Gasteiger partial charge in [0.2, 0.25) is 0 Å². The summed E-state index contributed by atoms with van der Waals surface area (Å²) in [6, 6.07) is 20.6. The maximum atomic E-state index is 14.6. The molecular weight excluding hydrogens is 484 g/mol. The molecule has 6 rings (SSSR count). The zero-order valence-corrected chi connectivity index (χ0v) is 22.6. The number of esters is 2. The lowest BCUT2D eigenvalue weighted by atomic mass is 9.60. The molecule has 37 heavy (non-hydrogen) atoms. The molecule has 2 aliphatic heterocycles. The van der Waals surface area contributed by atoms with E-state index in [0.29, 0.717) is 19.3 Å². The number of methoxy groups -OCH3 is 1. The Morgan fingerprint density at radius 1 is 0.865 bits per heavy atom. The molecule has 0 N–H and O–H groups in total. The normalized spacial score (nSPS) is 31.9. The van der Waals surface area contributed by atoms with Crippen LogP contribution in [0.15, 0.2) is 71.8 Å². The molecule has 2 aliphatic carbocycles. The monoisotopic (exact) mass is 518 g/mol. The Bertz CT molecular complexity index is 1310. The molecular formula is C31H34O5S. The number of carbonyl (C=O) groups is 2. The second kappa shape index (κ2) is 8.39. The fourth-order valence-electron chi connectivity index (χ4n) is 7.37. The van der Waals surface area contributed by atoms with Crippen LogP contribution in [0.1, 0.15) is 57.1 Å². The van der Waals surface area contributed by atoms with E-state index in [9.17, 15) is 13.8 Å². The van der Waals surface area contributed by atoms with E-state index in [1.165, 1.54) is 18.2 Å². The van der Waals surface area contributed by atoms with E-state index in [1.54, 1.807) is 0 Å². The summed E-state index contributed by atoms with van der Waals surface area (Å²) in [7, 11) is 0.0721. The van der Waals surface area contributed by atoms with Gasteiger partial charge in [0.1, 0.15) is 5.60 Å². The molecule has 0 aromatic heterocycles. The van der Waals surface area contributed by atoms with Crippen molar-refractivity contribution in [3.8, 4) is 0 Å². The van der Waals surface area contributed by atoms with E-state index in [0.717, 1.165) is 30.4 Å². The van der Waals surface area contributed by atoms with Crippen molar-refractivity contribution in [2.45, 2.75) is 73.9 Å². The average molecular weight is 519 g/mol. The highest BCUT2D eigenvalue weighted by Crippen LogP contribution is 2.78. The summed E-state index contributed by atoms with van der Waals surface area (Å²) in [4.78, 5) is 26.0. The summed E-state index contributed by atoms with van der Waals surface area (Å²) in [6.45, 7) is 4.18. The minimum absolute atomic E-state index is 0.0813. The average Bonchev–Trinajstić information content (AvgIpc) is 3.82. The lowest BCUT2D eigenvalue weighted by Crippen LogP contribution is -2.48. The third-order valence-corrected chi connectivity index (χ3v) is 12.3. The largest absolute Gasteiger partial charge is 0.469 e. The quantitative estimate of drug-likeness (QED) is 0.359. The Hall–Kier alpha value is -2.73. The van der Waals surface area contributed by atoms with E-state index in [2.05, 4.69) is 31.2 Å². The molecule has 2 heterocycles. The Morgan fingerprint density at radius 3 is 1.89 bits per heavy atom. The van der Waals surface area contributed by atoms with Gasteiger partial charge in [-0.2, -0.15) is 0 Å². The minimum Gasteiger partial charge on any atom is -0.469 e. The number of ether oxygens (including phenoxy) is 2. The molecule has 2 aromatic carbocycles. The van der Waals surface area contributed by atoms with Gasteiger partial charge in [-0.15, -0.1) is 0 Å². The zero-order chi connectivity index (χ0) is 26.1. The fourth-order valence-corrected chi connectivity index (χ4v) is 10.3. The van der Waals surface area contributed by atoms with Crippen LogP contribution in [0.4, 0.5) is 0 Å². The van der Waals surface area contributed by atoms with Gasteiger partial charge in [-0.1, -0.05) is 60.7 Å². The van der Waals surface area contributed by atoms with Crippen molar-refractivity contribution < 1.29 is 23.3 Å². The van der Waals surface area contributed by atoms with Gasteiger partial charge in [0.25, 0.3) is 0 Å². The molecule has 5 nitrogen and oxygen atoms in total. The van der Waals surface area contributed by atoms with E-state index < -0.39 is 31.8 Å². The predicted octanol–water partition coefficient (Wildman–Crippen LogP) is 5.10. The van der Waals surface area contributed by atoms with Crippen molar-refractivity contribution in [3.05, 3.63) is 82.9 Å². The molecule has 0 radical (unpaired) electrons. The van der Waals surface area contributed by atoms with Gasteiger partial charge in [0.05, 0.1) is 28.9 Å². The second-order valence-electron chi connectivity index (χ2n) is 11.6. The number of hydrogen-bond donors (Lipinski definition) is 0. The SMILES string of the molecule is COC(=O)CC1(OC(=O)C2C3(C)C(Cc4ccccc4)=C(Cc4ccccc4)C(C)(S3=O)C23CC3)CC1. The summed E-state index contributed by atoms with van der Waals surface area (Å²) in [5.74, 6) is -1.14. The third kappa shape index (κ3) is 3.51. The van der Waals surface area contributed by atoms with Crippen LogP contribution in [0.2, 0.25) is 0 Å². The van der Waals surface area contributed by atoms with Crippen LogP contribution in [0.25, 0.3) is 0 Å². The first kappa shape index (κ1) is 24.6. The van der Waals surface area contributed by atoms with Gasteiger partial charge < -0.3 is 9.47 Å². The minimum atomic E-state index is -1.28. The smallest absolute Gasteiger partial charge is 0.311 e. The third-order valence-electron chi connectivity index (χ3n) is 9.64. The fraction of sp³-hybridized carbons (Fsp3) is 0.484. The van der Waals surface area contributed by atoms with Crippen molar-refractivity contribution >= 4 is 22.7 Å². The molecule has 6 heteroatoms. The van der Waals surface area contributed by atoms with Crippen molar-refractivity contribution in [1.82, 2.24) is 0 Å². The van der Waals surface area contributed by atoms with Crippen LogP contribution < -0.4 is 0 Å². The maximum Gasteiger partial charge on any atom is 0.311 e. The molecule has 2 aromatic rings. The standard InChI is InChI=1S/C31H34O5S/c1-28-23(18-21-10-6-4-7-11-21)24(19-22-12-8-5-9-13-22)29(2,37(28)34)31(16-17-31)26(28)27(33)36-30(14-15-30)20-25(32)35-3/h4-13,26H,14-20H2,1-3H3. The number of benzene rings is 2. The zero-order valence-electron chi connectivity index (χ0n) is 21.8. The van der Waals surface area contributed by atoms with Crippen LogP contribution in [-0.4, -0.2) is 38.4 Å². The Labute approximate surface area is 221 Å². The molecule has 1 spiro atoms. The van der Waals surface area contributed by atoms with Crippen LogP contribution in [0.3, 0.4) is 0 Å². The summed E-state index contributed by atoms with van der Waals surface area (Å²) >= 11 is 0. The van der Waals surface area contributed by atoms with Gasteiger partial charge in [-0.25, -0.2) is 0 Å². The summed E-state index contributed by atoms with van der Waals surface area (Å²) in [5.41, 5.74) is 3.58. The van der Waals surface area contributed by atoms with Crippen LogP contribution in [0.5, 0.6) is 0 Å². The topological polar surface area (TPSA) is 69.7 Å². The highest BCUT2D eigenvalue weighted by Gasteiger charge is 2.83. The van der Waals surface area contributed by atoms with Crippen LogP contribution in [-0.2, 0) is 42.7 Å². The van der Waals surface area contributed by atoms with Crippen molar-refractivity contribution in [2.75, 3.05) is 7.11 Å². The molecule has 194 valence electrons. The Morgan fingerprint density at radius 2 is 1.41 bits per heavy atom. The first-order chi connectivity index (χ1) is 17.7. The van der Waals surface area contributed by atoms with Crippen LogP contribution >= 0.6 is 0 Å². The first-order valence-corrected chi connectivity index (χ1v) is 14.4. The molecule has 4 unspecified atom stereocenters. The molecule has 1 saturated heterocycles. The first-order valence-electron chi connectivity index (χ1n) is 13.2. The maximum absolute atomic E-state index is 14.6. The molecule has 0 amide bonds. The van der Waals surface area contributed by atoms with Crippen molar-refractivity contribution in [3.63, 3.8) is 0 Å². The molecule has 2 bridgehead atoms. The lowest BCUT2D eigenvalue weighted by molar-refractivity contribution is -0.163. The van der Waals surface area contributed by atoms with E-state index in [4.69, 9.17) is 9.47 Å². The van der Waals surface area contributed by atoms with E-state index >= 15 is 0 Å². The van der Waals surface area contributed by atoms with Gasteiger partial charge in [-0.3, -0.25) is 13.8 Å². The van der Waals surface area contributed by atoms with Crippen LogP contribution in [0, 0.1) is 11.3 Å². The number of rotatable bonds is 8. The van der Waals surface area contributed by atoms with E-state index in [1.807, 2.05) is 43.3 Å². The number of fused-ring (bicyclic) bond motifs is 3. The van der Waals surface area contributed by atoms with Gasteiger partial charge >= 0.3 is 11.9 Å². The molecule has 4 aliphatic rings. The molecule has 2 saturated carbocycles. The van der Waals surface area contributed by atoms with Crippen molar-refractivity contribution in [1.29, 1.82) is 0 Å². The number of hydrogen-bond acceptors (Lipinski definition) is 5. The lowest BCUT2D eigenvalue weighted by Gasteiger charge is -2.41. The van der Waals surface area contributed by atoms with E-state index in [-0.39, 0.29) is 23.8 Å². The van der Waals surface area contributed by atoms with Gasteiger partial charge in [-0.05, 0) is 74.6 Å². The number of carbonyl (C=O) groups excluding carboxylic acids is 2. The second-order valence-corrected chi connectivity index (χ2v) is 13.8. The summed E-state index contributed by atoms with van der Waals surface area (Å²) < 4.78 is 24.2. The summed E-state index contributed by atoms with van der Waals surface area (Å²) in [6.07, 6.45) is 4.53.